The van der Waals surface area contributed by atoms with Gasteiger partial charge in [-0.3, -0.25) is 0 Å². The third kappa shape index (κ3) is 5.49. The summed E-state index contributed by atoms with van der Waals surface area (Å²) in [6.45, 7) is 30.9. The zero-order valence-corrected chi connectivity index (χ0v) is 24.5. The Morgan fingerprint density at radius 2 is 0.533 bits per heavy atom. The Bertz CT molecular complexity index is 516. The fourth-order valence-corrected chi connectivity index (χ4v) is 28.4. The summed E-state index contributed by atoms with van der Waals surface area (Å²) < 4.78 is 34.3. The molecule has 1 rings (SSSR count). The number of hydrogen-bond acceptors (Lipinski definition) is 5. The van der Waals surface area contributed by atoms with Gasteiger partial charge in [0.2, 0.25) is 0 Å². The molecule has 1 aliphatic heterocycles. The standard InChI is InChI=1S/C20H40O5Si5/c1-11-26(12-2)21-27(13-3,14-4)23-29(17-7,18-8)25-30(19-9,20-10)24-28(15-5,16-6)22-26/h11,13,15,17,19H,1,3,5,7,9,12,14,16,18,20H2,2,4,6,8,10H3. The van der Waals surface area contributed by atoms with Crippen LogP contribution in [0.1, 0.15) is 34.6 Å². The average molecular weight is 501 g/mol. The van der Waals surface area contributed by atoms with E-state index in [1.54, 1.807) is 0 Å². The molecule has 0 spiro atoms. The molecule has 0 aromatic carbocycles. The van der Waals surface area contributed by atoms with Gasteiger partial charge in [0, 0.05) is 0 Å². The highest BCUT2D eigenvalue weighted by Gasteiger charge is 2.58. The van der Waals surface area contributed by atoms with Gasteiger partial charge in [-0.25, -0.2) is 0 Å². The summed E-state index contributed by atoms with van der Waals surface area (Å²) in [7, 11) is -14.4. The van der Waals surface area contributed by atoms with E-state index in [2.05, 4.69) is 67.5 Å². The van der Waals surface area contributed by atoms with Gasteiger partial charge in [-0.2, -0.15) is 0 Å². The molecule has 0 N–H and O–H groups in total. The zero-order chi connectivity index (χ0) is 23.1. The van der Waals surface area contributed by atoms with E-state index < -0.39 is 42.8 Å². The van der Waals surface area contributed by atoms with Crippen LogP contribution in [0.3, 0.4) is 0 Å². The third-order valence-electron chi connectivity index (χ3n) is 5.75. The third-order valence-corrected chi connectivity index (χ3v) is 27.6. The van der Waals surface area contributed by atoms with Crippen LogP contribution in [-0.4, -0.2) is 42.8 Å². The van der Waals surface area contributed by atoms with Crippen LogP contribution in [0.15, 0.2) is 61.4 Å². The highest BCUT2D eigenvalue weighted by Crippen LogP contribution is 2.38. The Morgan fingerprint density at radius 3 is 0.600 bits per heavy atom. The predicted molar refractivity (Wildman–Crippen MR) is 138 cm³/mol. The molecule has 0 saturated carbocycles. The van der Waals surface area contributed by atoms with Crippen molar-refractivity contribution in [2.45, 2.75) is 64.8 Å². The minimum absolute atomic E-state index is 0.693. The van der Waals surface area contributed by atoms with E-state index in [0.29, 0.717) is 30.2 Å². The Balaban J connectivity index is 3.89. The van der Waals surface area contributed by atoms with Crippen LogP contribution in [0.2, 0.25) is 30.2 Å². The van der Waals surface area contributed by atoms with Gasteiger partial charge < -0.3 is 20.6 Å². The summed E-state index contributed by atoms with van der Waals surface area (Å²) in [5, 5.41) is 0. The smallest absolute Gasteiger partial charge is 0.347 e. The summed E-state index contributed by atoms with van der Waals surface area (Å²) in [5.41, 5.74) is 9.29. The maximum Gasteiger partial charge on any atom is 0.347 e. The summed E-state index contributed by atoms with van der Waals surface area (Å²) in [6, 6.07) is 3.47. The Kier molecular flexibility index (Phi) is 10.1. The van der Waals surface area contributed by atoms with E-state index in [-0.39, 0.29) is 0 Å². The summed E-state index contributed by atoms with van der Waals surface area (Å²) in [4.78, 5) is 0. The van der Waals surface area contributed by atoms with Crippen LogP contribution in [0.4, 0.5) is 0 Å². The Morgan fingerprint density at radius 1 is 0.400 bits per heavy atom. The van der Waals surface area contributed by atoms with Crippen molar-refractivity contribution in [3.8, 4) is 0 Å². The number of rotatable bonds is 10. The molecule has 0 amide bonds. The van der Waals surface area contributed by atoms with Crippen molar-refractivity contribution in [2.75, 3.05) is 0 Å². The minimum atomic E-state index is -2.88. The second kappa shape index (κ2) is 10.9. The van der Waals surface area contributed by atoms with Gasteiger partial charge in [0.15, 0.2) is 0 Å². The van der Waals surface area contributed by atoms with Gasteiger partial charge in [-0.05, 0) is 30.2 Å². The lowest BCUT2D eigenvalue weighted by atomic mass is 11.0. The molecular weight excluding hydrogens is 461 g/mol. The highest BCUT2D eigenvalue weighted by molar-refractivity contribution is 6.99. The average Bonchev–Trinajstić information content (AvgIpc) is 2.81. The first-order chi connectivity index (χ1) is 14.1. The van der Waals surface area contributed by atoms with Crippen molar-refractivity contribution in [1.82, 2.24) is 0 Å². The normalized spacial score (nSPS) is 40.2. The SMILES string of the molecule is C=C[Si]1(CC)O[Si](C=C)(CC)O[Si](C=C)(CC)O[Si](C=C)(CC)O[Si](C=C)(CC)O1. The minimum Gasteiger partial charge on any atom is -0.409 e. The molecule has 0 unspecified atom stereocenters. The van der Waals surface area contributed by atoms with Crippen LogP contribution in [-0.2, 0) is 20.6 Å². The molecule has 0 atom stereocenters. The van der Waals surface area contributed by atoms with E-state index in [1.807, 2.05) is 28.5 Å². The molecule has 0 aliphatic carbocycles. The topological polar surface area (TPSA) is 46.2 Å². The van der Waals surface area contributed by atoms with E-state index in [1.165, 1.54) is 0 Å². The second-order valence-electron chi connectivity index (χ2n) is 7.36. The predicted octanol–water partition coefficient (Wildman–Crippen LogP) is 6.02. The molecule has 1 saturated heterocycles. The van der Waals surface area contributed by atoms with Crippen molar-refractivity contribution < 1.29 is 20.6 Å². The van der Waals surface area contributed by atoms with Gasteiger partial charge >= 0.3 is 42.8 Å². The molecule has 0 radical (unpaired) electrons. The monoisotopic (exact) mass is 500 g/mol. The van der Waals surface area contributed by atoms with E-state index in [9.17, 15) is 0 Å². The van der Waals surface area contributed by atoms with Crippen molar-refractivity contribution in [3.63, 3.8) is 0 Å². The van der Waals surface area contributed by atoms with E-state index >= 15 is 0 Å². The van der Waals surface area contributed by atoms with Gasteiger partial charge in [-0.1, -0.05) is 63.1 Å². The second-order valence-corrected chi connectivity index (χ2v) is 25.1. The molecule has 170 valence electrons. The quantitative estimate of drug-likeness (QED) is 0.343. The van der Waals surface area contributed by atoms with Crippen LogP contribution in [0.5, 0.6) is 0 Å². The molecule has 1 fully saturated rings. The van der Waals surface area contributed by atoms with Crippen LogP contribution >= 0.6 is 0 Å². The molecule has 1 heterocycles. The molecule has 10 heteroatoms. The molecule has 0 bridgehead atoms. The summed E-state index contributed by atoms with van der Waals surface area (Å²) in [6.07, 6.45) is 0. The first-order valence-electron chi connectivity index (χ1n) is 10.8. The van der Waals surface area contributed by atoms with Crippen molar-refractivity contribution in [3.05, 3.63) is 61.4 Å². The molecule has 0 aromatic heterocycles. The largest absolute Gasteiger partial charge is 0.409 e. The van der Waals surface area contributed by atoms with Crippen LogP contribution < -0.4 is 0 Å². The Labute approximate surface area is 189 Å². The lowest BCUT2D eigenvalue weighted by Gasteiger charge is -2.50. The molecule has 5 nitrogen and oxygen atoms in total. The van der Waals surface area contributed by atoms with E-state index in [0.717, 1.165) is 0 Å². The molecule has 0 aromatic rings. The van der Waals surface area contributed by atoms with Crippen molar-refractivity contribution in [1.29, 1.82) is 0 Å². The first-order valence-corrected chi connectivity index (χ1v) is 21.3. The lowest BCUT2D eigenvalue weighted by molar-refractivity contribution is 0.238. The van der Waals surface area contributed by atoms with E-state index in [4.69, 9.17) is 20.6 Å². The van der Waals surface area contributed by atoms with Crippen molar-refractivity contribution >= 4 is 42.8 Å². The van der Waals surface area contributed by atoms with Crippen molar-refractivity contribution in [2.24, 2.45) is 0 Å². The number of hydrogen-bond donors (Lipinski definition) is 0. The zero-order valence-electron chi connectivity index (χ0n) is 19.5. The summed E-state index contributed by atoms with van der Waals surface area (Å²) in [5.74, 6) is 0. The van der Waals surface area contributed by atoms with Gasteiger partial charge in [0.1, 0.15) is 0 Å². The highest BCUT2D eigenvalue weighted by atomic mass is 28.5. The lowest BCUT2D eigenvalue weighted by Crippen LogP contribution is -2.68. The molecule has 1 aliphatic rings. The van der Waals surface area contributed by atoms with Crippen LogP contribution in [0.25, 0.3) is 0 Å². The van der Waals surface area contributed by atoms with Crippen LogP contribution in [0, 0.1) is 0 Å². The fraction of sp³-hybridized carbons (Fsp3) is 0.500. The maximum absolute atomic E-state index is 6.85. The maximum atomic E-state index is 6.85. The fourth-order valence-electron chi connectivity index (χ4n) is 3.43. The molecule has 30 heavy (non-hydrogen) atoms. The molecular formula is C20H40O5Si5. The van der Waals surface area contributed by atoms with Gasteiger partial charge in [-0.15, -0.1) is 32.9 Å². The van der Waals surface area contributed by atoms with Gasteiger partial charge in [0.25, 0.3) is 0 Å². The summed E-state index contributed by atoms with van der Waals surface area (Å²) >= 11 is 0. The van der Waals surface area contributed by atoms with Gasteiger partial charge in [0.05, 0.1) is 0 Å². The first kappa shape index (κ1) is 27.6. The Hall–Kier alpha value is -0.416.